The van der Waals surface area contributed by atoms with Crippen molar-refractivity contribution in [3.63, 3.8) is 0 Å². The van der Waals surface area contributed by atoms with Crippen LogP contribution in [0.2, 0.25) is 0 Å². The molecule has 2 N–H and O–H groups in total. The molecule has 1 aromatic heterocycles. The SMILES string of the molecule is CCN(C(C)CN(C)C)S(=O)(=O)c1ccsc1CN. The fraction of sp³-hybridized carbons (Fsp3) is 0.667. The Morgan fingerprint density at radius 3 is 2.53 bits per heavy atom. The van der Waals surface area contributed by atoms with Crippen molar-refractivity contribution in [2.24, 2.45) is 5.73 Å². The molecule has 0 fully saturated rings. The van der Waals surface area contributed by atoms with E-state index in [2.05, 4.69) is 0 Å². The smallest absolute Gasteiger partial charge is 0.244 e. The molecule has 1 unspecified atom stereocenters. The second kappa shape index (κ2) is 6.81. The third kappa shape index (κ3) is 3.76. The molecule has 0 saturated heterocycles. The lowest BCUT2D eigenvalue weighted by molar-refractivity contribution is 0.271. The Bertz CT molecular complexity index is 497. The predicted octanol–water partition coefficient (Wildman–Crippen LogP) is 1.17. The molecule has 5 nitrogen and oxygen atoms in total. The van der Waals surface area contributed by atoms with Gasteiger partial charge in [0.25, 0.3) is 0 Å². The van der Waals surface area contributed by atoms with Crippen molar-refractivity contribution in [1.29, 1.82) is 0 Å². The molecule has 0 aliphatic rings. The van der Waals surface area contributed by atoms with Gasteiger partial charge in [0.2, 0.25) is 10.0 Å². The van der Waals surface area contributed by atoms with Gasteiger partial charge in [0, 0.05) is 30.6 Å². The van der Waals surface area contributed by atoms with Crippen molar-refractivity contribution >= 4 is 21.4 Å². The van der Waals surface area contributed by atoms with Gasteiger partial charge < -0.3 is 10.6 Å². The monoisotopic (exact) mass is 305 g/mol. The molecule has 1 rings (SSSR count). The Labute approximate surface area is 120 Å². The maximum atomic E-state index is 12.7. The summed E-state index contributed by atoms with van der Waals surface area (Å²) in [6.07, 6.45) is 0. The van der Waals surface area contributed by atoms with Crippen LogP contribution in [0.3, 0.4) is 0 Å². The molecule has 0 aliphatic carbocycles. The topological polar surface area (TPSA) is 66.6 Å². The fourth-order valence-electron chi connectivity index (χ4n) is 2.17. The molecule has 0 aliphatic heterocycles. The number of likely N-dealkylation sites (N-methyl/N-ethyl adjacent to an activating group) is 2. The number of hydrogen-bond donors (Lipinski definition) is 1. The number of hydrogen-bond acceptors (Lipinski definition) is 5. The summed E-state index contributed by atoms with van der Waals surface area (Å²) >= 11 is 1.39. The summed E-state index contributed by atoms with van der Waals surface area (Å²) in [6, 6.07) is 1.57. The van der Waals surface area contributed by atoms with E-state index in [1.54, 1.807) is 11.4 Å². The number of sulfonamides is 1. The molecular weight excluding hydrogens is 282 g/mol. The lowest BCUT2D eigenvalue weighted by Crippen LogP contribution is -2.43. The molecule has 0 radical (unpaired) electrons. The minimum atomic E-state index is -3.46. The standard InChI is InChI=1S/C12H23N3O2S2/c1-5-15(10(2)9-14(3)4)19(16,17)12-6-7-18-11(12)8-13/h6-7,10H,5,8-9,13H2,1-4H3. The van der Waals surface area contributed by atoms with E-state index in [0.717, 1.165) is 4.88 Å². The van der Waals surface area contributed by atoms with Gasteiger partial charge in [-0.15, -0.1) is 11.3 Å². The van der Waals surface area contributed by atoms with E-state index in [9.17, 15) is 8.42 Å². The van der Waals surface area contributed by atoms with E-state index in [4.69, 9.17) is 5.73 Å². The van der Waals surface area contributed by atoms with Gasteiger partial charge in [-0.3, -0.25) is 0 Å². The first-order chi connectivity index (χ1) is 8.84. The molecule has 0 saturated carbocycles. The largest absolute Gasteiger partial charge is 0.326 e. The molecule has 0 amide bonds. The first-order valence-electron chi connectivity index (χ1n) is 6.27. The zero-order valence-electron chi connectivity index (χ0n) is 12.0. The van der Waals surface area contributed by atoms with Gasteiger partial charge in [0.05, 0.1) is 4.90 Å². The molecule has 1 atom stereocenters. The second-order valence-electron chi connectivity index (χ2n) is 4.73. The number of rotatable bonds is 7. The van der Waals surface area contributed by atoms with E-state index in [1.807, 2.05) is 32.8 Å². The van der Waals surface area contributed by atoms with E-state index < -0.39 is 10.0 Å². The Morgan fingerprint density at radius 2 is 2.05 bits per heavy atom. The van der Waals surface area contributed by atoms with Crippen LogP contribution in [0.15, 0.2) is 16.3 Å². The summed E-state index contributed by atoms with van der Waals surface area (Å²) in [4.78, 5) is 3.06. The highest BCUT2D eigenvalue weighted by Crippen LogP contribution is 2.26. The maximum Gasteiger partial charge on any atom is 0.244 e. The third-order valence-electron chi connectivity index (χ3n) is 2.91. The summed E-state index contributed by atoms with van der Waals surface area (Å²) in [5, 5.41) is 1.78. The van der Waals surface area contributed by atoms with Crippen molar-refractivity contribution in [1.82, 2.24) is 9.21 Å². The van der Waals surface area contributed by atoms with Crippen LogP contribution >= 0.6 is 11.3 Å². The molecule has 7 heteroatoms. The van der Waals surface area contributed by atoms with E-state index in [-0.39, 0.29) is 12.6 Å². The first kappa shape index (κ1) is 16.6. The van der Waals surface area contributed by atoms with Crippen molar-refractivity contribution in [2.45, 2.75) is 31.3 Å². The van der Waals surface area contributed by atoms with Gasteiger partial charge in [-0.1, -0.05) is 6.92 Å². The van der Waals surface area contributed by atoms with Gasteiger partial charge in [-0.2, -0.15) is 4.31 Å². The van der Waals surface area contributed by atoms with Gasteiger partial charge in [-0.25, -0.2) is 8.42 Å². The van der Waals surface area contributed by atoms with Crippen LogP contribution in [0.5, 0.6) is 0 Å². The summed E-state index contributed by atoms with van der Waals surface area (Å²) in [5.74, 6) is 0. The van der Waals surface area contributed by atoms with Crippen LogP contribution in [0.4, 0.5) is 0 Å². The van der Waals surface area contributed by atoms with Crippen molar-refractivity contribution in [2.75, 3.05) is 27.2 Å². The molecule has 19 heavy (non-hydrogen) atoms. The van der Waals surface area contributed by atoms with Gasteiger partial charge in [0.1, 0.15) is 0 Å². The van der Waals surface area contributed by atoms with E-state index in [0.29, 0.717) is 18.0 Å². The zero-order valence-corrected chi connectivity index (χ0v) is 13.6. The summed E-state index contributed by atoms with van der Waals surface area (Å²) in [7, 11) is 0.416. The molecular formula is C12H23N3O2S2. The van der Waals surface area contributed by atoms with Crippen molar-refractivity contribution in [3.05, 3.63) is 16.3 Å². The highest BCUT2D eigenvalue weighted by molar-refractivity contribution is 7.89. The molecule has 110 valence electrons. The van der Waals surface area contributed by atoms with Crippen LogP contribution in [-0.2, 0) is 16.6 Å². The van der Waals surface area contributed by atoms with Crippen LogP contribution in [0.1, 0.15) is 18.7 Å². The number of thiophene rings is 1. The zero-order chi connectivity index (χ0) is 14.6. The summed E-state index contributed by atoms with van der Waals surface area (Å²) in [6.45, 7) is 5.19. The Kier molecular flexibility index (Phi) is 5.94. The molecule has 1 aromatic rings. The lowest BCUT2D eigenvalue weighted by Gasteiger charge is -2.29. The summed E-state index contributed by atoms with van der Waals surface area (Å²) in [5.41, 5.74) is 5.61. The molecule has 0 aromatic carbocycles. The quantitative estimate of drug-likeness (QED) is 0.821. The van der Waals surface area contributed by atoms with Crippen LogP contribution in [0, 0.1) is 0 Å². The van der Waals surface area contributed by atoms with Crippen LogP contribution in [-0.4, -0.2) is 50.8 Å². The number of nitrogens with two attached hydrogens (primary N) is 1. The minimum absolute atomic E-state index is 0.0736. The predicted molar refractivity (Wildman–Crippen MR) is 79.8 cm³/mol. The normalized spacial score (nSPS) is 14.3. The molecule has 0 spiro atoms. The van der Waals surface area contributed by atoms with Crippen LogP contribution < -0.4 is 5.73 Å². The highest BCUT2D eigenvalue weighted by atomic mass is 32.2. The summed E-state index contributed by atoms with van der Waals surface area (Å²) < 4.78 is 26.9. The second-order valence-corrected chi connectivity index (χ2v) is 7.59. The first-order valence-corrected chi connectivity index (χ1v) is 8.59. The average Bonchev–Trinajstić information content (AvgIpc) is 2.76. The van der Waals surface area contributed by atoms with Gasteiger partial charge in [0.15, 0.2) is 0 Å². The lowest BCUT2D eigenvalue weighted by atomic mass is 10.3. The fourth-order valence-corrected chi connectivity index (χ4v) is 5.11. The third-order valence-corrected chi connectivity index (χ3v) is 6.16. The Hall–Kier alpha value is -0.470. The highest BCUT2D eigenvalue weighted by Gasteiger charge is 2.30. The number of nitrogens with zero attached hydrogens (tertiary/aromatic N) is 2. The maximum absolute atomic E-state index is 12.7. The van der Waals surface area contributed by atoms with E-state index >= 15 is 0 Å². The Morgan fingerprint density at radius 1 is 1.42 bits per heavy atom. The van der Waals surface area contributed by atoms with Gasteiger partial charge >= 0.3 is 0 Å². The Balaban J connectivity index is 3.09. The van der Waals surface area contributed by atoms with E-state index in [1.165, 1.54) is 15.6 Å². The average molecular weight is 305 g/mol. The molecule has 1 heterocycles. The molecule has 0 bridgehead atoms. The van der Waals surface area contributed by atoms with Crippen molar-refractivity contribution < 1.29 is 8.42 Å². The van der Waals surface area contributed by atoms with Gasteiger partial charge in [-0.05, 0) is 32.5 Å². The van der Waals surface area contributed by atoms with Crippen LogP contribution in [0.25, 0.3) is 0 Å². The van der Waals surface area contributed by atoms with Crippen molar-refractivity contribution in [3.8, 4) is 0 Å². The minimum Gasteiger partial charge on any atom is -0.326 e.